The Morgan fingerprint density at radius 1 is 0.634 bits per heavy atom. The summed E-state index contributed by atoms with van der Waals surface area (Å²) >= 11 is 0. The van der Waals surface area contributed by atoms with Gasteiger partial charge >= 0.3 is 11.9 Å². The number of esters is 2. The van der Waals surface area contributed by atoms with Gasteiger partial charge in [-0.2, -0.15) is 0 Å². The molecular weight excluding hydrogens is 540 g/mol. The molecule has 1 aliphatic rings. The van der Waals surface area contributed by atoms with Gasteiger partial charge < -0.3 is 33.3 Å². The van der Waals surface area contributed by atoms with Gasteiger partial charge in [0.05, 0.1) is 65.7 Å². The van der Waals surface area contributed by atoms with Crippen molar-refractivity contribution in [2.75, 3.05) is 72.5 Å². The summed E-state index contributed by atoms with van der Waals surface area (Å²) in [5.41, 5.74) is -1.09. The van der Waals surface area contributed by atoms with Crippen LogP contribution in [0.1, 0.15) is 54.4 Å². The molecule has 3 amide bonds. The van der Waals surface area contributed by atoms with Gasteiger partial charge in [0.2, 0.25) is 5.91 Å². The molecule has 0 bridgehead atoms. The molecule has 41 heavy (non-hydrogen) atoms. The van der Waals surface area contributed by atoms with E-state index in [0.29, 0.717) is 0 Å². The van der Waals surface area contributed by atoms with Gasteiger partial charge in [-0.05, 0) is 41.5 Å². The molecule has 0 saturated heterocycles. The summed E-state index contributed by atoms with van der Waals surface area (Å²) in [5, 5.41) is 0. The zero-order valence-electron chi connectivity index (χ0n) is 25.2. The molecule has 0 aromatic rings. The van der Waals surface area contributed by atoms with E-state index in [9.17, 15) is 24.0 Å². The first-order valence-electron chi connectivity index (χ1n) is 13.7. The van der Waals surface area contributed by atoms with Crippen LogP contribution in [0.5, 0.6) is 0 Å². The molecule has 0 aliphatic carbocycles. The molecule has 0 aromatic carbocycles. The third-order valence-corrected chi connectivity index (χ3v) is 5.04. The van der Waals surface area contributed by atoms with Crippen LogP contribution in [-0.4, -0.2) is 123 Å². The van der Waals surface area contributed by atoms with E-state index in [0.717, 1.165) is 17.1 Å². The largest absolute Gasteiger partial charge is 0.460 e. The van der Waals surface area contributed by atoms with E-state index in [1.807, 2.05) is 0 Å². The van der Waals surface area contributed by atoms with Gasteiger partial charge in [0, 0.05) is 25.2 Å². The van der Waals surface area contributed by atoms with Crippen LogP contribution in [0.2, 0.25) is 0 Å². The maximum absolute atomic E-state index is 12.8. The predicted octanol–water partition coefficient (Wildman–Crippen LogP) is 1.27. The summed E-state index contributed by atoms with van der Waals surface area (Å²) in [5.74, 6) is -2.19. The lowest BCUT2D eigenvalue weighted by atomic mass is 10.2. The van der Waals surface area contributed by atoms with Gasteiger partial charge in [-0.15, -0.1) is 0 Å². The first-order chi connectivity index (χ1) is 19.2. The molecule has 1 heterocycles. The molecule has 0 saturated carbocycles. The number of imide groups is 1. The first-order valence-corrected chi connectivity index (χ1v) is 13.7. The highest BCUT2D eigenvalue weighted by atomic mass is 16.6. The number of nitrogens with zero attached hydrogens (tertiary/aromatic N) is 2. The van der Waals surface area contributed by atoms with Crippen LogP contribution >= 0.6 is 0 Å². The van der Waals surface area contributed by atoms with E-state index < -0.39 is 28.9 Å². The molecule has 0 spiro atoms. The number of ether oxygens (including phenoxy) is 6. The Morgan fingerprint density at radius 2 is 1.00 bits per heavy atom. The van der Waals surface area contributed by atoms with Crippen molar-refractivity contribution in [3.8, 4) is 0 Å². The lowest BCUT2D eigenvalue weighted by molar-refractivity contribution is -0.157. The monoisotopic (exact) mass is 586 g/mol. The van der Waals surface area contributed by atoms with Crippen molar-refractivity contribution < 1.29 is 52.4 Å². The average molecular weight is 587 g/mol. The standard InChI is InChI=1S/C28H46N2O11/c1-27(2,3)40-25(34)9-13-36-17-19-38-15-11-29(24(33)21-30-22(31)7-8-23(30)32)12-16-39-20-18-37-14-10-26(35)41-28(4,5)6/h7-8H,9-21H2,1-6H3. The van der Waals surface area contributed by atoms with Crippen LogP contribution in [-0.2, 0) is 52.4 Å². The molecule has 0 N–H and O–H groups in total. The fraction of sp³-hybridized carbons (Fsp3) is 0.750. The number of carbonyl (C=O) groups is 5. The smallest absolute Gasteiger partial charge is 0.308 e. The predicted molar refractivity (Wildman–Crippen MR) is 147 cm³/mol. The SMILES string of the molecule is CC(C)(C)OC(=O)CCOCCOCCN(CCOCCOCCC(=O)OC(C)(C)C)C(=O)CN1C(=O)C=CC1=O. The molecule has 1 rings (SSSR count). The highest BCUT2D eigenvalue weighted by molar-refractivity contribution is 6.14. The third-order valence-electron chi connectivity index (χ3n) is 5.04. The van der Waals surface area contributed by atoms with Crippen molar-refractivity contribution in [3.63, 3.8) is 0 Å². The molecular formula is C28H46N2O11. The van der Waals surface area contributed by atoms with Crippen LogP contribution in [0.3, 0.4) is 0 Å². The van der Waals surface area contributed by atoms with Crippen LogP contribution in [0.15, 0.2) is 12.2 Å². The summed E-state index contributed by atoms with van der Waals surface area (Å²) in [6.45, 7) is 12.6. The third kappa shape index (κ3) is 18.2. The highest BCUT2D eigenvalue weighted by Gasteiger charge is 2.27. The van der Waals surface area contributed by atoms with Crippen LogP contribution in [0, 0.1) is 0 Å². The van der Waals surface area contributed by atoms with Crippen LogP contribution in [0.4, 0.5) is 0 Å². The Kier molecular flexibility index (Phi) is 16.3. The lowest BCUT2D eigenvalue weighted by Crippen LogP contribution is -2.45. The number of hydrogen-bond acceptors (Lipinski definition) is 11. The minimum atomic E-state index is -0.544. The van der Waals surface area contributed by atoms with Crippen molar-refractivity contribution in [2.24, 2.45) is 0 Å². The van der Waals surface area contributed by atoms with Crippen molar-refractivity contribution in [2.45, 2.75) is 65.6 Å². The second kappa shape index (κ2) is 18.5. The highest BCUT2D eigenvalue weighted by Crippen LogP contribution is 2.09. The number of carbonyl (C=O) groups excluding carboxylic acids is 5. The molecule has 13 heteroatoms. The molecule has 234 valence electrons. The van der Waals surface area contributed by atoms with Gasteiger partial charge in [-0.25, -0.2) is 0 Å². The maximum Gasteiger partial charge on any atom is 0.308 e. The van der Waals surface area contributed by atoms with Crippen molar-refractivity contribution in [3.05, 3.63) is 12.2 Å². The van der Waals surface area contributed by atoms with Gasteiger partial charge in [0.25, 0.3) is 11.8 Å². The van der Waals surface area contributed by atoms with Crippen LogP contribution in [0.25, 0.3) is 0 Å². The quantitative estimate of drug-likeness (QED) is 0.115. The molecule has 0 aromatic heterocycles. The molecule has 0 radical (unpaired) electrons. The second-order valence-electron chi connectivity index (χ2n) is 11.1. The summed E-state index contributed by atoms with van der Waals surface area (Å²) in [7, 11) is 0. The average Bonchev–Trinajstić information content (AvgIpc) is 3.15. The fourth-order valence-corrected chi connectivity index (χ4v) is 3.27. The topological polar surface area (TPSA) is 147 Å². The Bertz CT molecular complexity index is 828. The molecule has 13 nitrogen and oxygen atoms in total. The Labute approximate surface area is 242 Å². The van der Waals surface area contributed by atoms with E-state index in [1.54, 1.807) is 41.5 Å². The number of amides is 3. The minimum absolute atomic E-state index is 0.136. The van der Waals surface area contributed by atoms with Gasteiger partial charge in [-0.3, -0.25) is 28.9 Å². The second-order valence-corrected chi connectivity index (χ2v) is 11.1. The number of hydrogen-bond donors (Lipinski definition) is 0. The summed E-state index contributed by atoms with van der Waals surface area (Å²) in [6, 6.07) is 0. The Hall–Kier alpha value is -2.87. The minimum Gasteiger partial charge on any atom is -0.460 e. The molecule has 0 unspecified atom stereocenters. The van der Waals surface area contributed by atoms with Crippen LogP contribution < -0.4 is 0 Å². The van der Waals surface area contributed by atoms with Gasteiger partial charge in [0.15, 0.2) is 0 Å². The van der Waals surface area contributed by atoms with Gasteiger partial charge in [-0.1, -0.05) is 0 Å². The molecule has 1 aliphatic heterocycles. The van der Waals surface area contributed by atoms with Crippen molar-refractivity contribution >= 4 is 29.7 Å². The van der Waals surface area contributed by atoms with E-state index in [-0.39, 0.29) is 97.3 Å². The van der Waals surface area contributed by atoms with E-state index in [4.69, 9.17) is 28.4 Å². The van der Waals surface area contributed by atoms with Crippen molar-refractivity contribution in [1.82, 2.24) is 9.80 Å². The maximum atomic E-state index is 12.8. The molecule has 0 atom stereocenters. The number of rotatable bonds is 20. The first kappa shape index (κ1) is 36.2. The zero-order valence-corrected chi connectivity index (χ0v) is 25.2. The van der Waals surface area contributed by atoms with E-state index >= 15 is 0 Å². The zero-order chi connectivity index (χ0) is 30.9. The Morgan fingerprint density at radius 3 is 1.37 bits per heavy atom. The molecule has 0 fully saturated rings. The lowest BCUT2D eigenvalue weighted by Gasteiger charge is -2.25. The summed E-state index contributed by atoms with van der Waals surface area (Å²) < 4.78 is 32.3. The Balaban J connectivity index is 2.33. The van der Waals surface area contributed by atoms with Gasteiger partial charge in [0.1, 0.15) is 17.7 Å². The van der Waals surface area contributed by atoms with E-state index in [2.05, 4.69) is 0 Å². The summed E-state index contributed by atoms with van der Waals surface area (Å²) in [4.78, 5) is 62.2. The fourth-order valence-electron chi connectivity index (χ4n) is 3.27. The summed E-state index contributed by atoms with van der Waals surface area (Å²) in [6.07, 6.45) is 2.52. The van der Waals surface area contributed by atoms with E-state index in [1.165, 1.54) is 4.90 Å². The normalized spacial score (nSPS) is 13.6. The van der Waals surface area contributed by atoms with Crippen molar-refractivity contribution in [1.29, 1.82) is 0 Å².